The van der Waals surface area contributed by atoms with Gasteiger partial charge in [-0.15, -0.1) is 0 Å². The van der Waals surface area contributed by atoms with Crippen LogP contribution in [0, 0.1) is 5.92 Å². The van der Waals surface area contributed by atoms with E-state index in [4.69, 9.17) is 4.74 Å². The van der Waals surface area contributed by atoms with Gasteiger partial charge < -0.3 is 15.0 Å². The number of aromatic nitrogens is 4. The number of anilines is 2. The van der Waals surface area contributed by atoms with Crippen molar-refractivity contribution in [1.29, 1.82) is 0 Å². The molecule has 2 aromatic rings. The van der Waals surface area contributed by atoms with E-state index in [-0.39, 0.29) is 17.7 Å². The average molecular weight is 368 g/mol. The van der Waals surface area contributed by atoms with E-state index in [1.165, 1.54) is 0 Å². The SMILES string of the molecule is O=C(C1CCOCC1)N1CCC[C@@H](c2ccnc(Nc3cnccn3)n2)C1. The number of likely N-dealkylation sites (tertiary alicyclic amines) is 1. The van der Waals surface area contributed by atoms with E-state index in [0.29, 0.717) is 25.0 Å². The van der Waals surface area contributed by atoms with E-state index >= 15 is 0 Å². The molecule has 0 bridgehead atoms. The van der Waals surface area contributed by atoms with Crippen LogP contribution >= 0.6 is 0 Å². The lowest BCUT2D eigenvalue weighted by Crippen LogP contribution is -2.43. The molecule has 4 heterocycles. The van der Waals surface area contributed by atoms with Gasteiger partial charge in [0.05, 0.1) is 11.9 Å². The molecule has 0 radical (unpaired) electrons. The highest BCUT2D eigenvalue weighted by Gasteiger charge is 2.31. The van der Waals surface area contributed by atoms with Gasteiger partial charge in [-0.1, -0.05) is 0 Å². The van der Waals surface area contributed by atoms with Gasteiger partial charge in [0, 0.05) is 56.7 Å². The van der Waals surface area contributed by atoms with Crippen molar-refractivity contribution in [3.63, 3.8) is 0 Å². The molecule has 0 saturated carbocycles. The predicted molar refractivity (Wildman–Crippen MR) is 99.4 cm³/mol. The fraction of sp³-hybridized carbons (Fsp3) is 0.526. The molecule has 1 amide bonds. The third-order valence-electron chi connectivity index (χ3n) is 5.20. The van der Waals surface area contributed by atoms with Crippen molar-refractivity contribution in [3.05, 3.63) is 36.5 Å². The standard InChI is InChI=1S/C19H24N6O2/c26-18(14-4-10-27-11-5-14)25-9-1-2-15(13-25)16-3-6-22-19(23-16)24-17-12-20-7-8-21-17/h3,6-8,12,14-15H,1-2,4-5,9-11,13H2,(H,21,22,23,24)/t15-/m1/s1. The van der Waals surface area contributed by atoms with Gasteiger partial charge in [0.25, 0.3) is 0 Å². The minimum atomic E-state index is 0.108. The number of amides is 1. The average Bonchev–Trinajstić information content (AvgIpc) is 2.75. The fourth-order valence-electron chi connectivity index (χ4n) is 3.76. The number of piperidine rings is 1. The zero-order valence-electron chi connectivity index (χ0n) is 15.3. The van der Waals surface area contributed by atoms with Crippen LogP contribution in [0.25, 0.3) is 0 Å². The van der Waals surface area contributed by atoms with E-state index in [0.717, 1.165) is 44.5 Å². The highest BCUT2D eigenvalue weighted by molar-refractivity contribution is 5.79. The van der Waals surface area contributed by atoms with E-state index in [1.54, 1.807) is 24.8 Å². The first-order valence-electron chi connectivity index (χ1n) is 9.52. The summed E-state index contributed by atoms with van der Waals surface area (Å²) in [6.07, 6.45) is 10.3. The van der Waals surface area contributed by atoms with Crippen molar-refractivity contribution in [2.75, 3.05) is 31.6 Å². The Morgan fingerprint density at radius 3 is 2.85 bits per heavy atom. The molecule has 4 rings (SSSR count). The third-order valence-corrected chi connectivity index (χ3v) is 5.20. The summed E-state index contributed by atoms with van der Waals surface area (Å²) in [6.45, 7) is 2.94. The van der Waals surface area contributed by atoms with E-state index in [1.807, 2.05) is 11.0 Å². The second-order valence-corrected chi connectivity index (χ2v) is 7.03. The summed E-state index contributed by atoms with van der Waals surface area (Å²) in [5.41, 5.74) is 0.959. The number of hydrogen-bond donors (Lipinski definition) is 1. The zero-order valence-corrected chi connectivity index (χ0v) is 15.3. The molecule has 2 aromatic heterocycles. The summed E-state index contributed by atoms with van der Waals surface area (Å²) < 4.78 is 5.39. The first kappa shape index (κ1) is 17.8. The van der Waals surface area contributed by atoms with Crippen LogP contribution in [0.4, 0.5) is 11.8 Å². The number of carbonyl (C=O) groups excluding carboxylic acids is 1. The molecule has 8 nitrogen and oxygen atoms in total. The Bertz CT molecular complexity index is 766. The molecule has 0 aromatic carbocycles. The molecular formula is C19H24N6O2. The van der Waals surface area contributed by atoms with Crippen LogP contribution in [0.3, 0.4) is 0 Å². The zero-order chi connectivity index (χ0) is 18.5. The van der Waals surface area contributed by atoms with Crippen molar-refractivity contribution >= 4 is 17.7 Å². The molecule has 2 saturated heterocycles. The lowest BCUT2D eigenvalue weighted by Gasteiger charge is -2.35. The Morgan fingerprint density at radius 2 is 2.04 bits per heavy atom. The Kier molecular flexibility index (Phi) is 5.53. The Balaban J connectivity index is 1.43. The molecule has 1 N–H and O–H groups in total. The van der Waals surface area contributed by atoms with Gasteiger partial charge in [0.15, 0.2) is 5.82 Å². The highest BCUT2D eigenvalue weighted by Crippen LogP contribution is 2.28. The van der Waals surface area contributed by atoms with E-state index in [9.17, 15) is 4.79 Å². The van der Waals surface area contributed by atoms with Gasteiger partial charge in [-0.2, -0.15) is 0 Å². The maximum absolute atomic E-state index is 12.8. The Morgan fingerprint density at radius 1 is 1.15 bits per heavy atom. The maximum atomic E-state index is 12.8. The number of nitrogens with zero attached hydrogens (tertiary/aromatic N) is 5. The van der Waals surface area contributed by atoms with Crippen LogP contribution in [-0.2, 0) is 9.53 Å². The smallest absolute Gasteiger partial charge is 0.228 e. The molecule has 27 heavy (non-hydrogen) atoms. The van der Waals surface area contributed by atoms with Gasteiger partial charge in [-0.05, 0) is 31.7 Å². The number of rotatable bonds is 4. The van der Waals surface area contributed by atoms with Gasteiger partial charge in [-0.25, -0.2) is 15.0 Å². The summed E-state index contributed by atoms with van der Waals surface area (Å²) in [7, 11) is 0. The first-order valence-corrected chi connectivity index (χ1v) is 9.52. The van der Waals surface area contributed by atoms with Crippen molar-refractivity contribution in [1.82, 2.24) is 24.8 Å². The molecule has 2 aliphatic heterocycles. The molecule has 1 atom stereocenters. The lowest BCUT2D eigenvalue weighted by molar-refractivity contribution is -0.139. The normalized spacial score (nSPS) is 21.0. The fourth-order valence-corrected chi connectivity index (χ4v) is 3.76. The number of ether oxygens (including phenoxy) is 1. The monoisotopic (exact) mass is 368 g/mol. The molecular weight excluding hydrogens is 344 g/mol. The molecule has 0 spiro atoms. The number of carbonyl (C=O) groups is 1. The van der Waals surface area contributed by atoms with Crippen LogP contribution in [0.15, 0.2) is 30.9 Å². The molecule has 0 aliphatic carbocycles. The van der Waals surface area contributed by atoms with Crippen LogP contribution in [0.2, 0.25) is 0 Å². The minimum Gasteiger partial charge on any atom is -0.381 e. The maximum Gasteiger partial charge on any atom is 0.228 e. The Hall–Kier alpha value is -2.61. The summed E-state index contributed by atoms with van der Waals surface area (Å²) in [5, 5.41) is 3.08. The van der Waals surface area contributed by atoms with Gasteiger partial charge in [0.2, 0.25) is 11.9 Å². The minimum absolute atomic E-state index is 0.108. The van der Waals surface area contributed by atoms with E-state index < -0.39 is 0 Å². The van der Waals surface area contributed by atoms with Crippen LogP contribution in [-0.4, -0.2) is 57.0 Å². The quantitative estimate of drug-likeness (QED) is 0.884. The highest BCUT2D eigenvalue weighted by atomic mass is 16.5. The lowest BCUT2D eigenvalue weighted by atomic mass is 9.92. The number of hydrogen-bond acceptors (Lipinski definition) is 7. The third kappa shape index (κ3) is 4.39. The van der Waals surface area contributed by atoms with Crippen molar-refractivity contribution in [3.8, 4) is 0 Å². The summed E-state index contributed by atoms with van der Waals surface area (Å²) >= 11 is 0. The van der Waals surface area contributed by atoms with Crippen molar-refractivity contribution in [2.24, 2.45) is 5.92 Å². The molecule has 2 aliphatic rings. The van der Waals surface area contributed by atoms with Gasteiger partial charge in [0.1, 0.15) is 0 Å². The van der Waals surface area contributed by atoms with Crippen molar-refractivity contribution in [2.45, 2.75) is 31.6 Å². The topological polar surface area (TPSA) is 93.1 Å². The van der Waals surface area contributed by atoms with Gasteiger partial charge in [-0.3, -0.25) is 9.78 Å². The summed E-state index contributed by atoms with van der Waals surface area (Å²) in [6, 6.07) is 1.94. The molecule has 0 unspecified atom stereocenters. The second kappa shape index (κ2) is 8.39. The van der Waals surface area contributed by atoms with Crippen LogP contribution in [0.5, 0.6) is 0 Å². The van der Waals surface area contributed by atoms with Crippen molar-refractivity contribution < 1.29 is 9.53 Å². The first-order chi connectivity index (χ1) is 13.3. The Labute approximate surface area is 158 Å². The second-order valence-electron chi connectivity index (χ2n) is 7.03. The van der Waals surface area contributed by atoms with Crippen LogP contribution < -0.4 is 5.32 Å². The van der Waals surface area contributed by atoms with E-state index in [2.05, 4.69) is 25.3 Å². The van der Waals surface area contributed by atoms with Crippen LogP contribution in [0.1, 0.15) is 37.3 Å². The van der Waals surface area contributed by atoms with Gasteiger partial charge >= 0.3 is 0 Å². The summed E-state index contributed by atoms with van der Waals surface area (Å²) in [5.74, 6) is 1.72. The molecule has 142 valence electrons. The largest absolute Gasteiger partial charge is 0.381 e. The number of nitrogens with one attached hydrogen (secondary N) is 1. The summed E-state index contributed by atoms with van der Waals surface area (Å²) in [4.78, 5) is 32.0. The molecule has 2 fully saturated rings. The molecule has 8 heteroatoms. The predicted octanol–water partition coefficient (Wildman–Crippen LogP) is 2.14.